The lowest BCUT2D eigenvalue weighted by atomic mass is 9.81. The van der Waals surface area contributed by atoms with Gasteiger partial charge in [-0.1, -0.05) is 13.8 Å². The van der Waals surface area contributed by atoms with E-state index in [9.17, 15) is 18.0 Å². The van der Waals surface area contributed by atoms with Gasteiger partial charge in [0.05, 0.1) is 17.0 Å². The maximum absolute atomic E-state index is 13.2. The summed E-state index contributed by atoms with van der Waals surface area (Å²) < 4.78 is 43.1. The fraction of sp³-hybridized carbons (Fsp3) is 0.786. The SMILES string of the molecule is CC(C)[C@H](NC(=O)OC(C)(C)C)C(=O)N1CCC(CCCS(=O)(=O)c2ncc(B3OC(C)(C)C(C)(C)O3)cn2)CC1. The maximum atomic E-state index is 13.2. The van der Waals surface area contributed by atoms with E-state index < -0.39 is 45.9 Å². The van der Waals surface area contributed by atoms with Crippen LogP contribution in [0.25, 0.3) is 0 Å². The number of amides is 2. The summed E-state index contributed by atoms with van der Waals surface area (Å²) in [6.45, 7) is 18.0. The maximum Gasteiger partial charge on any atom is 0.498 e. The highest BCUT2D eigenvalue weighted by molar-refractivity contribution is 7.91. The molecule has 0 spiro atoms. The lowest BCUT2D eigenvalue weighted by Gasteiger charge is -2.35. The third-order valence-corrected chi connectivity index (χ3v) is 9.60. The molecule has 2 fully saturated rings. The molecule has 0 aromatic carbocycles. The number of likely N-dealkylation sites (tertiary alicyclic amines) is 1. The molecule has 41 heavy (non-hydrogen) atoms. The molecule has 2 aliphatic heterocycles. The molecule has 0 radical (unpaired) electrons. The minimum absolute atomic E-state index is 0.0444. The van der Waals surface area contributed by atoms with Crippen LogP contribution < -0.4 is 10.8 Å². The van der Waals surface area contributed by atoms with Gasteiger partial charge in [-0.3, -0.25) is 4.79 Å². The van der Waals surface area contributed by atoms with Crippen LogP contribution in [-0.2, 0) is 28.7 Å². The van der Waals surface area contributed by atoms with Crippen LogP contribution in [0.3, 0.4) is 0 Å². The second-order valence-corrected chi connectivity index (χ2v) is 15.5. The van der Waals surface area contributed by atoms with Crippen LogP contribution in [-0.4, -0.2) is 84.1 Å². The zero-order valence-electron chi connectivity index (χ0n) is 26.0. The van der Waals surface area contributed by atoms with Gasteiger partial charge in [0, 0.05) is 30.9 Å². The van der Waals surface area contributed by atoms with Gasteiger partial charge in [-0.2, -0.15) is 0 Å². The molecule has 2 aliphatic rings. The Balaban J connectivity index is 1.46. The zero-order chi connectivity index (χ0) is 30.8. The number of piperidine rings is 1. The first-order chi connectivity index (χ1) is 18.8. The monoisotopic (exact) mass is 594 g/mol. The van der Waals surface area contributed by atoms with Crippen molar-refractivity contribution < 1.29 is 32.1 Å². The summed E-state index contributed by atoms with van der Waals surface area (Å²) in [5.41, 5.74) is -1.10. The van der Waals surface area contributed by atoms with Crippen LogP contribution in [0.2, 0.25) is 0 Å². The number of carbonyl (C=O) groups is 2. The fourth-order valence-electron chi connectivity index (χ4n) is 4.83. The Labute approximate surface area is 245 Å². The third-order valence-electron chi connectivity index (χ3n) is 8.01. The first-order valence-electron chi connectivity index (χ1n) is 14.5. The van der Waals surface area contributed by atoms with E-state index in [0.717, 1.165) is 19.3 Å². The van der Waals surface area contributed by atoms with Gasteiger partial charge in [-0.05, 0) is 86.0 Å². The molecule has 2 saturated heterocycles. The summed E-state index contributed by atoms with van der Waals surface area (Å²) in [6, 6.07) is -0.664. The van der Waals surface area contributed by atoms with E-state index in [2.05, 4.69) is 15.3 Å². The van der Waals surface area contributed by atoms with Crippen LogP contribution in [0.15, 0.2) is 17.6 Å². The average molecular weight is 595 g/mol. The van der Waals surface area contributed by atoms with Crippen LogP contribution in [0.1, 0.15) is 88.0 Å². The number of nitrogens with one attached hydrogen (secondary N) is 1. The van der Waals surface area contributed by atoms with E-state index in [1.807, 2.05) is 41.5 Å². The first kappa shape index (κ1) is 33.3. The highest BCUT2D eigenvalue weighted by Gasteiger charge is 2.52. The summed E-state index contributed by atoms with van der Waals surface area (Å²) in [5.74, 6) is 0.0633. The van der Waals surface area contributed by atoms with Gasteiger partial charge in [0.1, 0.15) is 11.6 Å². The molecule has 3 rings (SSSR count). The molecule has 3 heterocycles. The molecule has 11 nitrogen and oxygen atoms in total. The van der Waals surface area contributed by atoms with E-state index >= 15 is 0 Å². The zero-order valence-corrected chi connectivity index (χ0v) is 26.8. The molecule has 0 unspecified atom stereocenters. The van der Waals surface area contributed by atoms with Crippen molar-refractivity contribution in [1.82, 2.24) is 20.2 Å². The van der Waals surface area contributed by atoms with Gasteiger partial charge in [-0.25, -0.2) is 23.2 Å². The molecule has 0 aliphatic carbocycles. The minimum atomic E-state index is -3.64. The van der Waals surface area contributed by atoms with Crippen LogP contribution >= 0.6 is 0 Å². The molecule has 1 N–H and O–H groups in total. The number of alkyl carbamates (subject to hydrolysis) is 1. The average Bonchev–Trinajstić information content (AvgIpc) is 3.08. The third kappa shape index (κ3) is 8.64. The summed E-state index contributed by atoms with van der Waals surface area (Å²) in [4.78, 5) is 35.4. The van der Waals surface area contributed by atoms with E-state index in [0.29, 0.717) is 30.9 Å². The predicted octanol–water partition coefficient (Wildman–Crippen LogP) is 3.12. The number of ether oxygens (including phenoxy) is 1. The van der Waals surface area contributed by atoms with Gasteiger partial charge < -0.3 is 24.3 Å². The topological polar surface area (TPSA) is 137 Å². The van der Waals surface area contributed by atoms with Crippen molar-refractivity contribution in [3.05, 3.63) is 12.4 Å². The summed E-state index contributed by atoms with van der Waals surface area (Å²) in [5, 5.41) is 2.53. The van der Waals surface area contributed by atoms with Crippen LogP contribution in [0.4, 0.5) is 4.79 Å². The van der Waals surface area contributed by atoms with Gasteiger partial charge in [-0.15, -0.1) is 0 Å². The molecule has 1 aromatic rings. The molecule has 0 saturated carbocycles. The van der Waals surface area contributed by atoms with Crippen molar-refractivity contribution in [3.8, 4) is 0 Å². The van der Waals surface area contributed by atoms with Crippen molar-refractivity contribution >= 4 is 34.4 Å². The van der Waals surface area contributed by atoms with Crippen molar-refractivity contribution in [3.63, 3.8) is 0 Å². The molecule has 1 atom stereocenters. The normalized spacial score (nSPS) is 20.2. The first-order valence-corrected chi connectivity index (χ1v) is 16.2. The van der Waals surface area contributed by atoms with E-state index in [1.54, 1.807) is 25.7 Å². The largest absolute Gasteiger partial charge is 0.498 e. The summed E-state index contributed by atoms with van der Waals surface area (Å²) in [6.07, 6.45) is 5.08. The highest BCUT2D eigenvalue weighted by atomic mass is 32.2. The molecule has 1 aromatic heterocycles. The van der Waals surface area contributed by atoms with Crippen molar-refractivity contribution in [2.75, 3.05) is 18.8 Å². The van der Waals surface area contributed by atoms with Gasteiger partial charge >= 0.3 is 13.2 Å². The highest BCUT2D eigenvalue weighted by Crippen LogP contribution is 2.36. The molecular weight excluding hydrogens is 547 g/mol. The predicted molar refractivity (Wildman–Crippen MR) is 156 cm³/mol. The van der Waals surface area contributed by atoms with Gasteiger partial charge in [0.25, 0.3) is 0 Å². The Hall–Kier alpha value is -2.25. The molecule has 13 heteroatoms. The number of hydrogen-bond acceptors (Lipinski definition) is 9. The van der Waals surface area contributed by atoms with Crippen molar-refractivity contribution in [2.45, 2.75) is 116 Å². The molecule has 2 amide bonds. The molecule has 230 valence electrons. The Morgan fingerprint density at radius 3 is 2.12 bits per heavy atom. The quantitative estimate of drug-likeness (QED) is 0.338. The van der Waals surface area contributed by atoms with Crippen LogP contribution in [0, 0.1) is 11.8 Å². The van der Waals surface area contributed by atoms with E-state index in [4.69, 9.17) is 14.0 Å². The number of carbonyl (C=O) groups excluding carboxylic acids is 2. The second kappa shape index (κ2) is 12.5. The van der Waals surface area contributed by atoms with Crippen molar-refractivity contribution in [1.29, 1.82) is 0 Å². The Morgan fingerprint density at radius 1 is 1.10 bits per heavy atom. The number of sulfone groups is 1. The molecule has 0 bridgehead atoms. The van der Waals surface area contributed by atoms with E-state index in [1.165, 1.54) is 12.4 Å². The number of aromatic nitrogens is 2. The lowest BCUT2D eigenvalue weighted by molar-refractivity contribution is -0.136. The molecular formula is C28H47BN4O7S. The fourth-order valence-corrected chi connectivity index (χ4v) is 5.98. The van der Waals surface area contributed by atoms with Gasteiger partial charge in [0.15, 0.2) is 0 Å². The summed E-state index contributed by atoms with van der Waals surface area (Å²) >= 11 is 0. The Kier molecular flexibility index (Phi) is 10.2. The van der Waals surface area contributed by atoms with Gasteiger partial charge in [0.2, 0.25) is 20.9 Å². The summed E-state index contributed by atoms with van der Waals surface area (Å²) in [7, 11) is -4.29. The standard InChI is InChI=1S/C28H47BN4O7S/c1-19(2)22(32-25(35)38-26(3,4)5)23(34)33-14-12-20(13-15-33)11-10-16-41(36,37)24-30-17-21(18-31-24)29-39-27(6,7)28(8,9)40-29/h17-20,22H,10-16H2,1-9H3,(H,32,35)/t22-/m0/s1. The smallest absolute Gasteiger partial charge is 0.444 e. The number of nitrogens with zero attached hydrogens (tertiary/aromatic N) is 3. The second-order valence-electron chi connectivity index (χ2n) is 13.5. The number of hydrogen-bond donors (Lipinski definition) is 1. The number of rotatable bonds is 9. The Bertz CT molecular complexity index is 1160. The van der Waals surface area contributed by atoms with Crippen molar-refractivity contribution in [2.24, 2.45) is 11.8 Å². The Morgan fingerprint density at radius 2 is 1.63 bits per heavy atom. The minimum Gasteiger partial charge on any atom is -0.444 e. The van der Waals surface area contributed by atoms with Crippen LogP contribution in [0.5, 0.6) is 0 Å². The van der Waals surface area contributed by atoms with E-state index in [-0.39, 0.29) is 22.7 Å². The lowest BCUT2D eigenvalue weighted by Crippen LogP contribution is -2.53.